The predicted molar refractivity (Wildman–Crippen MR) is 104 cm³/mol. The fourth-order valence-electron chi connectivity index (χ4n) is 2.49. The number of carbonyl (C=O) groups excluding carboxylic acids is 2. The largest absolute Gasteiger partial charge is 0.348 e. The van der Waals surface area contributed by atoms with Gasteiger partial charge in [-0.3, -0.25) is 14.6 Å². The summed E-state index contributed by atoms with van der Waals surface area (Å²) in [5.74, 6) is -1.10. The molecule has 2 N–H and O–H groups in total. The van der Waals surface area contributed by atoms with Crippen LogP contribution in [0.25, 0.3) is 0 Å². The molecule has 0 unspecified atom stereocenters. The summed E-state index contributed by atoms with van der Waals surface area (Å²) in [4.78, 5) is 28.7. The molecule has 0 saturated carbocycles. The summed E-state index contributed by atoms with van der Waals surface area (Å²) in [6.45, 7) is 0.497. The lowest BCUT2D eigenvalue weighted by Crippen LogP contribution is -2.26. The zero-order valence-electron chi connectivity index (χ0n) is 14.8. The van der Waals surface area contributed by atoms with Gasteiger partial charge in [-0.1, -0.05) is 41.9 Å². The third-order valence-corrected chi connectivity index (χ3v) is 4.39. The number of carbonyl (C=O) groups is 2. The van der Waals surface area contributed by atoms with Gasteiger partial charge < -0.3 is 10.6 Å². The molecule has 3 rings (SSSR count). The molecule has 1 heterocycles. The van der Waals surface area contributed by atoms with Crippen LogP contribution in [0.15, 0.2) is 66.9 Å². The van der Waals surface area contributed by atoms with Gasteiger partial charge in [-0.05, 0) is 41.5 Å². The number of amides is 2. The second-order valence-corrected chi connectivity index (χ2v) is 6.42. The van der Waals surface area contributed by atoms with Gasteiger partial charge in [-0.2, -0.15) is 0 Å². The van der Waals surface area contributed by atoms with Crippen molar-refractivity contribution in [3.05, 3.63) is 100 Å². The van der Waals surface area contributed by atoms with E-state index in [2.05, 4.69) is 15.6 Å². The van der Waals surface area contributed by atoms with Gasteiger partial charge in [0.25, 0.3) is 11.8 Å². The predicted octanol–water partition coefficient (Wildman–Crippen LogP) is 3.73. The molecule has 7 heteroatoms. The Morgan fingerprint density at radius 2 is 1.64 bits per heavy atom. The van der Waals surface area contributed by atoms with Crippen LogP contribution < -0.4 is 10.6 Å². The minimum absolute atomic E-state index is 0.118. The van der Waals surface area contributed by atoms with E-state index in [1.807, 2.05) is 18.2 Å². The molecule has 0 saturated heterocycles. The van der Waals surface area contributed by atoms with Gasteiger partial charge in [0.15, 0.2) is 0 Å². The Kier molecular flexibility index (Phi) is 6.34. The highest BCUT2D eigenvalue weighted by Gasteiger charge is 2.12. The summed E-state index contributed by atoms with van der Waals surface area (Å²) < 4.78 is 12.9. The average molecular weight is 398 g/mol. The highest BCUT2D eigenvalue weighted by atomic mass is 35.5. The topological polar surface area (TPSA) is 71.1 Å². The third kappa shape index (κ3) is 5.14. The van der Waals surface area contributed by atoms with Crippen LogP contribution in [0.3, 0.4) is 0 Å². The number of hydrogen-bond donors (Lipinski definition) is 2. The third-order valence-electron chi connectivity index (χ3n) is 4.02. The van der Waals surface area contributed by atoms with Crippen molar-refractivity contribution in [3.8, 4) is 0 Å². The van der Waals surface area contributed by atoms with Gasteiger partial charge in [0.2, 0.25) is 0 Å². The molecule has 2 aromatic carbocycles. The number of aromatic nitrogens is 1. The molecule has 0 aliphatic carbocycles. The molecule has 0 aliphatic heterocycles. The number of rotatable bonds is 6. The second-order valence-electron chi connectivity index (χ2n) is 6.01. The molecule has 0 bridgehead atoms. The van der Waals surface area contributed by atoms with Crippen molar-refractivity contribution in [1.82, 2.24) is 15.6 Å². The van der Waals surface area contributed by atoms with Gasteiger partial charge in [-0.25, -0.2) is 4.39 Å². The van der Waals surface area contributed by atoms with Gasteiger partial charge in [0.05, 0.1) is 0 Å². The Labute approximate surface area is 166 Å². The van der Waals surface area contributed by atoms with Crippen LogP contribution in [-0.4, -0.2) is 16.8 Å². The van der Waals surface area contributed by atoms with E-state index in [9.17, 15) is 14.0 Å². The van der Waals surface area contributed by atoms with Gasteiger partial charge in [-0.15, -0.1) is 0 Å². The van der Waals surface area contributed by atoms with E-state index >= 15 is 0 Å². The molecule has 0 aliphatic rings. The molecule has 142 valence electrons. The summed E-state index contributed by atoms with van der Waals surface area (Å²) in [6, 6.07) is 16.0. The minimum Gasteiger partial charge on any atom is -0.348 e. The Balaban J connectivity index is 1.60. The minimum atomic E-state index is -0.426. The maximum Gasteiger partial charge on any atom is 0.270 e. The molecule has 3 aromatic rings. The van der Waals surface area contributed by atoms with Crippen LogP contribution >= 0.6 is 11.6 Å². The van der Waals surface area contributed by atoms with Crippen LogP contribution in [0.4, 0.5) is 4.39 Å². The maximum atomic E-state index is 12.9. The van der Waals surface area contributed by atoms with Crippen molar-refractivity contribution in [2.75, 3.05) is 0 Å². The van der Waals surface area contributed by atoms with E-state index in [1.54, 1.807) is 18.2 Å². The van der Waals surface area contributed by atoms with Crippen LogP contribution in [0, 0.1) is 5.82 Å². The lowest BCUT2D eigenvalue weighted by molar-refractivity contribution is 0.0946. The molecule has 0 atom stereocenters. The van der Waals surface area contributed by atoms with E-state index in [-0.39, 0.29) is 30.5 Å². The maximum absolute atomic E-state index is 12.9. The number of nitrogens with one attached hydrogen (secondary N) is 2. The Bertz CT molecular complexity index is 993. The monoisotopic (exact) mass is 397 g/mol. The van der Waals surface area contributed by atoms with Gasteiger partial charge in [0, 0.05) is 29.9 Å². The normalized spacial score (nSPS) is 10.4. The molecule has 5 nitrogen and oxygen atoms in total. The highest BCUT2D eigenvalue weighted by molar-refractivity contribution is 6.31. The summed E-state index contributed by atoms with van der Waals surface area (Å²) in [7, 11) is 0. The summed E-state index contributed by atoms with van der Waals surface area (Å²) in [6.07, 6.45) is 1.40. The zero-order valence-corrected chi connectivity index (χ0v) is 15.5. The van der Waals surface area contributed by atoms with Crippen molar-refractivity contribution in [2.24, 2.45) is 0 Å². The summed E-state index contributed by atoms with van der Waals surface area (Å²) >= 11 is 6.08. The first-order valence-electron chi connectivity index (χ1n) is 8.53. The Hall–Kier alpha value is -3.25. The number of nitrogens with zero attached hydrogens (tertiary/aromatic N) is 1. The number of benzene rings is 2. The molecule has 2 amide bonds. The number of halogens is 2. The van der Waals surface area contributed by atoms with Crippen LogP contribution in [0.1, 0.15) is 32.0 Å². The van der Waals surface area contributed by atoms with E-state index < -0.39 is 5.91 Å². The van der Waals surface area contributed by atoms with E-state index in [0.29, 0.717) is 10.6 Å². The second kappa shape index (κ2) is 9.10. The van der Waals surface area contributed by atoms with E-state index in [4.69, 9.17) is 11.6 Å². The molecule has 0 radical (unpaired) electrons. The lowest BCUT2D eigenvalue weighted by Gasteiger charge is -2.08. The molecule has 1 aromatic heterocycles. The average Bonchev–Trinajstić information content (AvgIpc) is 2.72. The molecular formula is C21H17ClFN3O2. The molecule has 0 fully saturated rings. The Morgan fingerprint density at radius 3 is 2.39 bits per heavy atom. The van der Waals surface area contributed by atoms with Crippen molar-refractivity contribution in [3.63, 3.8) is 0 Å². The van der Waals surface area contributed by atoms with Gasteiger partial charge in [0.1, 0.15) is 11.5 Å². The summed E-state index contributed by atoms with van der Waals surface area (Å²) in [5, 5.41) is 6.03. The first-order valence-corrected chi connectivity index (χ1v) is 8.91. The number of hydrogen-bond acceptors (Lipinski definition) is 3. The fraction of sp³-hybridized carbons (Fsp3) is 0.0952. The Morgan fingerprint density at radius 1 is 0.929 bits per heavy atom. The number of pyridine rings is 1. The zero-order chi connectivity index (χ0) is 19.9. The molecular weight excluding hydrogens is 381 g/mol. The van der Waals surface area contributed by atoms with Crippen LogP contribution in [0.2, 0.25) is 5.02 Å². The van der Waals surface area contributed by atoms with Crippen molar-refractivity contribution < 1.29 is 14.0 Å². The standard InChI is InChI=1S/C21H17ClFN3O2/c22-18-4-2-1-3-16(18)13-26-20(27)15-9-10-24-19(11-15)21(28)25-12-14-5-7-17(23)8-6-14/h1-11H,12-13H2,(H,25,28)(H,26,27). The first kappa shape index (κ1) is 19.5. The lowest BCUT2D eigenvalue weighted by atomic mass is 10.2. The van der Waals surface area contributed by atoms with Crippen LogP contribution in [0.5, 0.6) is 0 Å². The van der Waals surface area contributed by atoms with Crippen molar-refractivity contribution in [2.45, 2.75) is 13.1 Å². The molecule has 28 heavy (non-hydrogen) atoms. The quantitative estimate of drug-likeness (QED) is 0.665. The van der Waals surface area contributed by atoms with E-state index in [1.165, 1.54) is 30.5 Å². The highest BCUT2D eigenvalue weighted by Crippen LogP contribution is 2.14. The van der Waals surface area contributed by atoms with Gasteiger partial charge >= 0.3 is 0 Å². The fourth-order valence-corrected chi connectivity index (χ4v) is 2.69. The van der Waals surface area contributed by atoms with Crippen molar-refractivity contribution in [1.29, 1.82) is 0 Å². The SMILES string of the molecule is O=C(NCc1ccccc1Cl)c1ccnc(C(=O)NCc2ccc(F)cc2)c1. The van der Waals surface area contributed by atoms with Crippen molar-refractivity contribution >= 4 is 23.4 Å². The van der Waals surface area contributed by atoms with E-state index in [0.717, 1.165) is 11.1 Å². The molecule has 0 spiro atoms. The van der Waals surface area contributed by atoms with Crippen LogP contribution in [-0.2, 0) is 13.1 Å². The first-order chi connectivity index (χ1) is 13.5. The summed E-state index contributed by atoms with van der Waals surface area (Å²) in [5.41, 5.74) is 1.98. The smallest absolute Gasteiger partial charge is 0.270 e.